The van der Waals surface area contributed by atoms with Crippen molar-refractivity contribution in [2.45, 2.75) is 59.3 Å². The lowest BCUT2D eigenvalue weighted by atomic mass is 9.87. The third-order valence-corrected chi connectivity index (χ3v) is 10.7. The molecule has 2 aromatic heterocycles. The van der Waals surface area contributed by atoms with Crippen LogP contribution in [0.5, 0.6) is 0 Å². The number of nitrogens with zero attached hydrogens (tertiary/aromatic N) is 2. The predicted molar refractivity (Wildman–Crippen MR) is 216 cm³/mol. The maximum Gasteiger partial charge on any atom is 0.149 e. The van der Waals surface area contributed by atoms with Crippen molar-refractivity contribution >= 4 is 54.5 Å². The lowest BCUT2D eigenvalue weighted by molar-refractivity contribution is 0.670. The van der Waals surface area contributed by atoms with Crippen LogP contribution in [0.2, 0.25) is 0 Å². The molecule has 0 bridgehead atoms. The Morgan fingerprint density at radius 1 is 0.549 bits per heavy atom. The Bertz CT molecular complexity index is 2750. The number of imidazole rings is 1. The van der Waals surface area contributed by atoms with Crippen molar-refractivity contribution in [3.05, 3.63) is 144 Å². The fourth-order valence-electron chi connectivity index (χ4n) is 8.02. The van der Waals surface area contributed by atoms with E-state index in [1.165, 1.54) is 43.9 Å². The van der Waals surface area contributed by atoms with Gasteiger partial charge in [-0.15, -0.1) is 0 Å². The van der Waals surface area contributed by atoms with Gasteiger partial charge < -0.3 is 4.42 Å². The van der Waals surface area contributed by atoms with Crippen LogP contribution in [0.3, 0.4) is 0 Å². The van der Waals surface area contributed by atoms with Crippen molar-refractivity contribution in [2.24, 2.45) is 0 Å². The minimum absolute atomic E-state index is 0.319. The zero-order chi connectivity index (χ0) is 35.0. The first-order valence-electron chi connectivity index (χ1n) is 18.3. The molecule has 0 saturated carbocycles. The predicted octanol–water partition coefficient (Wildman–Crippen LogP) is 13.9. The summed E-state index contributed by atoms with van der Waals surface area (Å²) in [6.45, 7) is 13.8. The number of para-hydroxylation sites is 2. The molecule has 0 N–H and O–H groups in total. The highest BCUT2D eigenvalue weighted by molar-refractivity contribution is 6.21. The summed E-state index contributed by atoms with van der Waals surface area (Å²) in [5, 5.41) is 7.09. The van der Waals surface area contributed by atoms with Crippen LogP contribution in [0.15, 0.2) is 132 Å². The molecular weight excluding hydrogens is 621 g/mol. The van der Waals surface area contributed by atoms with Crippen molar-refractivity contribution in [3.8, 4) is 28.2 Å². The maximum absolute atomic E-state index is 7.10. The summed E-state index contributed by atoms with van der Waals surface area (Å²) in [5.41, 5.74) is 12.4. The van der Waals surface area contributed by atoms with Crippen molar-refractivity contribution in [3.63, 3.8) is 0 Å². The van der Waals surface area contributed by atoms with Gasteiger partial charge in [0.2, 0.25) is 0 Å². The third-order valence-electron chi connectivity index (χ3n) is 10.7. The molecule has 7 aromatic carbocycles. The molecule has 9 aromatic rings. The van der Waals surface area contributed by atoms with Gasteiger partial charge in [-0.1, -0.05) is 139 Å². The monoisotopic (exact) mass is 662 g/mol. The molecule has 3 nitrogen and oxygen atoms in total. The van der Waals surface area contributed by atoms with Crippen LogP contribution in [0.1, 0.15) is 76.0 Å². The smallest absolute Gasteiger partial charge is 0.149 e. The number of rotatable bonds is 6. The molecule has 0 aliphatic rings. The average molecular weight is 663 g/mol. The second-order valence-electron chi connectivity index (χ2n) is 15.0. The second kappa shape index (κ2) is 12.0. The molecule has 0 aliphatic heterocycles. The Labute approximate surface area is 299 Å². The quantitative estimate of drug-likeness (QED) is 0.166. The molecule has 51 heavy (non-hydrogen) atoms. The second-order valence-corrected chi connectivity index (χ2v) is 15.0. The van der Waals surface area contributed by atoms with E-state index < -0.39 is 0 Å². The van der Waals surface area contributed by atoms with Gasteiger partial charge in [-0.3, -0.25) is 4.57 Å². The Kier molecular flexibility index (Phi) is 7.36. The van der Waals surface area contributed by atoms with Gasteiger partial charge in [0.1, 0.15) is 17.0 Å². The number of furan rings is 1. The van der Waals surface area contributed by atoms with E-state index in [2.05, 4.69) is 174 Å². The Morgan fingerprint density at radius 3 is 1.96 bits per heavy atom. The molecule has 2 heterocycles. The molecule has 0 spiro atoms. The first-order chi connectivity index (χ1) is 24.8. The minimum atomic E-state index is 0.319. The third kappa shape index (κ3) is 4.98. The van der Waals surface area contributed by atoms with E-state index in [0.29, 0.717) is 17.8 Å². The lowest BCUT2D eigenvalue weighted by Gasteiger charge is -2.25. The molecule has 0 unspecified atom stereocenters. The molecule has 0 fully saturated rings. The van der Waals surface area contributed by atoms with Crippen LogP contribution >= 0.6 is 0 Å². The molecule has 0 radical (unpaired) electrons. The first kappa shape index (κ1) is 31.3. The molecule has 0 atom stereocenters. The van der Waals surface area contributed by atoms with Gasteiger partial charge in [-0.25, -0.2) is 4.98 Å². The zero-order valence-corrected chi connectivity index (χ0v) is 30.2. The molecule has 0 aliphatic carbocycles. The van der Waals surface area contributed by atoms with E-state index in [-0.39, 0.29) is 0 Å². The van der Waals surface area contributed by atoms with Gasteiger partial charge >= 0.3 is 0 Å². The van der Waals surface area contributed by atoms with Gasteiger partial charge in [0.25, 0.3) is 0 Å². The maximum atomic E-state index is 7.10. The summed E-state index contributed by atoms with van der Waals surface area (Å²) in [7, 11) is 0. The van der Waals surface area contributed by atoms with Crippen LogP contribution in [-0.2, 0) is 0 Å². The summed E-state index contributed by atoms with van der Waals surface area (Å²) < 4.78 is 9.53. The van der Waals surface area contributed by atoms with Crippen molar-refractivity contribution in [1.82, 2.24) is 9.55 Å². The molecule has 3 heteroatoms. The first-order valence-corrected chi connectivity index (χ1v) is 18.3. The Morgan fingerprint density at radius 2 is 1.22 bits per heavy atom. The fourth-order valence-corrected chi connectivity index (χ4v) is 8.02. The summed E-state index contributed by atoms with van der Waals surface area (Å²) >= 11 is 0. The number of aromatic nitrogens is 2. The number of fused-ring (bicyclic) bond motifs is 7. The lowest BCUT2D eigenvalue weighted by Crippen LogP contribution is -2.10. The summed E-state index contributed by atoms with van der Waals surface area (Å²) in [5.74, 6) is 1.97. The zero-order valence-electron chi connectivity index (χ0n) is 30.2. The van der Waals surface area contributed by atoms with E-state index >= 15 is 0 Å². The number of benzene rings is 7. The van der Waals surface area contributed by atoms with Crippen LogP contribution in [0, 0.1) is 0 Å². The highest BCUT2D eigenvalue weighted by atomic mass is 16.3. The average Bonchev–Trinajstić information content (AvgIpc) is 3.72. The Balaban J connectivity index is 1.42. The highest BCUT2D eigenvalue weighted by Gasteiger charge is 2.26. The molecular formula is C48H42N2O. The fraction of sp³-hybridized carbons (Fsp3) is 0.188. The normalized spacial score (nSPS) is 12.3. The summed E-state index contributed by atoms with van der Waals surface area (Å²) in [6, 6.07) is 46.2. The van der Waals surface area contributed by atoms with Gasteiger partial charge in [-0.05, 0) is 97.4 Å². The molecule has 0 saturated heterocycles. The van der Waals surface area contributed by atoms with Crippen molar-refractivity contribution < 1.29 is 4.42 Å². The van der Waals surface area contributed by atoms with Gasteiger partial charge in [0.15, 0.2) is 0 Å². The number of hydrogen-bond acceptors (Lipinski definition) is 2. The van der Waals surface area contributed by atoms with Crippen LogP contribution in [-0.4, -0.2) is 9.55 Å². The standard InChI is InChI=1S/C48H42N2O/c1-28(2)34-25-38(29(3)4)46(39(26-34)30(5)6)50-43-19-13-12-18-42(43)49-48(50)37-23-22-36(31-14-8-7-9-15-31)45-41-24-33-21-20-32-16-10-11-17-35(32)40(33)27-44(41)51-47(37)45/h7-30H,1-6H3. The largest absolute Gasteiger partial charge is 0.455 e. The van der Waals surface area contributed by atoms with Crippen LogP contribution < -0.4 is 0 Å². The molecule has 9 rings (SSSR count). The van der Waals surface area contributed by atoms with Crippen molar-refractivity contribution in [1.29, 1.82) is 0 Å². The van der Waals surface area contributed by atoms with Gasteiger partial charge in [0, 0.05) is 10.8 Å². The van der Waals surface area contributed by atoms with E-state index in [4.69, 9.17) is 9.40 Å². The van der Waals surface area contributed by atoms with E-state index in [9.17, 15) is 0 Å². The topological polar surface area (TPSA) is 31.0 Å². The summed E-state index contributed by atoms with van der Waals surface area (Å²) in [4.78, 5) is 5.44. The van der Waals surface area contributed by atoms with Crippen molar-refractivity contribution in [2.75, 3.05) is 0 Å². The van der Waals surface area contributed by atoms with Crippen LogP contribution in [0.4, 0.5) is 0 Å². The summed E-state index contributed by atoms with van der Waals surface area (Å²) in [6.07, 6.45) is 0. The van der Waals surface area contributed by atoms with E-state index in [1.807, 2.05) is 0 Å². The number of hydrogen-bond donors (Lipinski definition) is 0. The highest BCUT2D eigenvalue weighted by Crippen LogP contribution is 2.46. The minimum Gasteiger partial charge on any atom is -0.455 e. The van der Waals surface area contributed by atoms with Gasteiger partial charge in [0.05, 0.1) is 22.3 Å². The van der Waals surface area contributed by atoms with Crippen LogP contribution in [0.25, 0.3) is 82.7 Å². The van der Waals surface area contributed by atoms with E-state index in [1.54, 1.807) is 0 Å². The molecule has 0 amide bonds. The van der Waals surface area contributed by atoms with Gasteiger partial charge in [-0.2, -0.15) is 0 Å². The van der Waals surface area contributed by atoms with E-state index in [0.717, 1.165) is 55.5 Å². The molecule has 250 valence electrons. The SMILES string of the molecule is CC(C)c1cc(C(C)C)c(-n2c(-c3ccc(-c4ccccc4)c4c3oc3cc5c(ccc6ccccc65)cc34)nc3ccccc32)c(C(C)C)c1. The Hall–Kier alpha value is -5.67.